The van der Waals surface area contributed by atoms with Gasteiger partial charge in [-0.3, -0.25) is 0 Å². The summed E-state index contributed by atoms with van der Waals surface area (Å²) in [5.74, 6) is 0. The van der Waals surface area contributed by atoms with E-state index in [9.17, 15) is 104 Å². The van der Waals surface area contributed by atoms with Crippen LogP contribution in [0.25, 0.3) is 0 Å². The van der Waals surface area contributed by atoms with Gasteiger partial charge in [0.05, 0.1) is 13.6 Å². The summed E-state index contributed by atoms with van der Waals surface area (Å²) in [4.78, 5) is 0. The summed E-state index contributed by atoms with van der Waals surface area (Å²) in [5, 5.41) is 0. The van der Waals surface area contributed by atoms with Crippen LogP contribution in [0.4, 0.5) is 104 Å². The number of aromatic nitrogens is 2. The van der Waals surface area contributed by atoms with Crippen LogP contribution in [0.3, 0.4) is 0 Å². The molecule has 1 rings (SSSR count). The highest BCUT2D eigenvalue weighted by Crippen LogP contribution is 2.09. The van der Waals surface area contributed by atoms with Crippen LogP contribution in [0.5, 0.6) is 0 Å². The van der Waals surface area contributed by atoms with Crippen LogP contribution >= 0.6 is 0 Å². The second-order valence-electron chi connectivity index (χ2n) is 5.64. The molecule has 0 aliphatic rings. The van der Waals surface area contributed by atoms with Gasteiger partial charge < -0.3 is 104 Å². The molecule has 0 aliphatic heterocycles. The van der Waals surface area contributed by atoms with E-state index >= 15 is 0 Å². The molecule has 248 valence electrons. The quantitative estimate of drug-likeness (QED) is 0.174. The largest absolute Gasteiger partial charge is 0.673 e. The number of unbranched alkanes of at least 4 members (excludes halogenated alkanes) is 1. The van der Waals surface area contributed by atoms with E-state index in [4.69, 9.17) is 0 Å². The minimum Gasteiger partial charge on any atom is -0.418 e. The van der Waals surface area contributed by atoms with E-state index in [-0.39, 0.29) is 0 Å². The molecule has 0 N–H and O–H groups in total. The number of hydrogen-bond acceptors (Lipinski definition) is 0. The van der Waals surface area contributed by atoms with E-state index in [1.165, 1.54) is 12.8 Å². The highest BCUT2D eigenvalue weighted by Gasteiger charge is 2.22. The van der Waals surface area contributed by atoms with Crippen molar-refractivity contribution in [2.75, 3.05) is 0 Å². The average Bonchev–Trinajstić information content (AvgIpc) is 2.88. The van der Waals surface area contributed by atoms with E-state index in [0.29, 0.717) is 0 Å². The molecule has 32 heteroatoms. The molecule has 0 atom stereocenters. The molecule has 40 heavy (non-hydrogen) atoms. The highest BCUT2D eigenvalue weighted by atomic mass is 19.5. The van der Waals surface area contributed by atoms with Crippen LogP contribution in [-0.4, -0.2) is 48.1 Å². The van der Waals surface area contributed by atoms with Crippen molar-refractivity contribution in [1.82, 2.24) is 4.57 Å². The maximum Gasteiger partial charge on any atom is 0.673 e. The van der Waals surface area contributed by atoms with Crippen molar-refractivity contribution < 1.29 is 108 Å². The Hall–Kier alpha value is -2.08. The lowest BCUT2D eigenvalue weighted by molar-refractivity contribution is -0.671. The number of aryl methyl sites for hydroxylation is 2. The first kappa shape index (κ1) is 50.7. The Morgan fingerprint density at radius 1 is 0.475 bits per heavy atom. The monoisotopic (exact) mass is 661 g/mol. The Kier molecular flexibility index (Phi) is 28.7. The van der Waals surface area contributed by atoms with Crippen LogP contribution in [0.15, 0.2) is 18.7 Å². The van der Waals surface area contributed by atoms with Gasteiger partial charge >= 0.3 is 43.5 Å². The molecule has 1 aromatic rings. The second kappa shape index (κ2) is 22.6. The molecule has 0 saturated carbocycles. The zero-order valence-electron chi connectivity index (χ0n) is 19.3. The van der Waals surface area contributed by atoms with E-state index in [1.54, 1.807) is 0 Å². The normalized spacial score (nSPS) is 11.6. The van der Waals surface area contributed by atoms with E-state index < -0.39 is 43.5 Å². The maximum absolute atomic E-state index is 9.75. The molecular weight excluding hydrogens is 645 g/mol. The standard InChI is InChI=1S/C8H15N2.6BF4/c1-3-4-5-10-7-6-9(2)8-10;6*2-1(3,4)5/h6-8H,3-5H2,1-2H3;;;;;;/q+1;6*-1. The van der Waals surface area contributed by atoms with E-state index in [1.807, 2.05) is 7.05 Å². The van der Waals surface area contributed by atoms with Crippen LogP contribution in [-0.2, 0) is 13.6 Å². The fourth-order valence-electron chi connectivity index (χ4n) is 0.975. The number of rotatable bonds is 3. The molecule has 0 aromatic carbocycles. The van der Waals surface area contributed by atoms with Crippen molar-refractivity contribution >= 4 is 43.5 Å². The van der Waals surface area contributed by atoms with Crippen molar-refractivity contribution in [2.24, 2.45) is 7.05 Å². The zero-order valence-corrected chi connectivity index (χ0v) is 19.3. The third kappa shape index (κ3) is 367. The summed E-state index contributed by atoms with van der Waals surface area (Å²) in [5.41, 5.74) is 0. The third-order valence-electron chi connectivity index (χ3n) is 1.59. The molecule has 1 heterocycles. The van der Waals surface area contributed by atoms with E-state index in [0.717, 1.165) is 6.54 Å². The third-order valence-corrected chi connectivity index (χ3v) is 1.59. The molecule has 1 aromatic heterocycles. The number of imidazole rings is 1. The van der Waals surface area contributed by atoms with Crippen LogP contribution in [0, 0.1) is 0 Å². The van der Waals surface area contributed by atoms with Gasteiger partial charge in [-0.05, 0) is 6.42 Å². The first-order valence-electron chi connectivity index (χ1n) is 9.07. The Labute approximate surface area is 209 Å². The molecule has 0 aliphatic carbocycles. The van der Waals surface area contributed by atoms with Gasteiger partial charge in [-0.15, -0.1) is 0 Å². The number of nitrogens with zero attached hydrogens (tertiary/aromatic N) is 2. The minimum absolute atomic E-state index is 1.15. The summed E-state index contributed by atoms with van der Waals surface area (Å²) < 4.78 is 238. The van der Waals surface area contributed by atoms with Crippen LogP contribution in [0.2, 0.25) is 0 Å². The van der Waals surface area contributed by atoms with Crippen molar-refractivity contribution in [3.05, 3.63) is 18.7 Å². The lowest BCUT2D eigenvalue weighted by Gasteiger charge is -1.94. The second-order valence-corrected chi connectivity index (χ2v) is 5.64. The van der Waals surface area contributed by atoms with Gasteiger partial charge in [0.15, 0.2) is 0 Å². The van der Waals surface area contributed by atoms with Gasteiger partial charge in [-0.2, -0.15) is 0 Å². The fourth-order valence-corrected chi connectivity index (χ4v) is 0.975. The Morgan fingerprint density at radius 3 is 0.800 bits per heavy atom. The first-order chi connectivity index (χ1) is 16.8. The molecule has 0 radical (unpaired) electrons. The SMILES string of the molecule is CCCCn1cc[n+](C)c1.F[B-](F)(F)F.F[B-](F)(F)F.F[B-](F)(F)F.F[B-](F)(F)F.F[B-](F)(F)F.F[B-](F)(F)F. The lowest BCUT2D eigenvalue weighted by atomic mass is 10.3. The lowest BCUT2D eigenvalue weighted by Crippen LogP contribution is -2.23. The molecule has 2 nitrogen and oxygen atoms in total. The predicted molar refractivity (Wildman–Crippen MR) is 102 cm³/mol. The molecule has 0 saturated heterocycles. The molecule has 0 bridgehead atoms. The first-order valence-corrected chi connectivity index (χ1v) is 9.07. The molecule has 0 amide bonds. The topological polar surface area (TPSA) is 8.81 Å². The van der Waals surface area contributed by atoms with Gasteiger partial charge in [0.1, 0.15) is 12.4 Å². The smallest absolute Gasteiger partial charge is 0.418 e. The van der Waals surface area contributed by atoms with Crippen molar-refractivity contribution in [3.63, 3.8) is 0 Å². The summed E-state index contributed by atoms with van der Waals surface area (Å²) in [6.45, 7) is 3.36. The average molecular weight is 660 g/mol. The number of halogens is 24. The maximum atomic E-state index is 9.75. The summed E-state index contributed by atoms with van der Waals surface area (Å²) in [6.07, 6.45) is 8.82. The van der Waals surface area contributed by atoms with Gasteiger partial charge in [0.2, 0.25) is 6.33 Å². The highest BCUT2D eigenvalue weighted by molar-refractivity contribution is 6.51. The molecular formula is C8H15B6F24N2-5. The van der Waals surface area contributed by atoms with Gasteiger partial charge in [-0.25, -0.2) is 9.13 Å². The molecule has 0 fully saturated rings. The molecule has 0 spiro atoms. The summed E-state index contributed by atoms with van der Waals surface area (Å²) in [6, 6.07) is 0. The van der Waals surface area contributed by atoms with Gasteiger partial charge in [0.25, 0.3) is 0 Å². The van der Waals surface area contributed by atoms with Crippen molar-refractivity contribution in [1.29, 1.82) is 0 Å². The number of hydrogen-bond donors (Lipinski definition) is 0. The van der Waals surface area contributed by atoms with Gasteiger partial charge in [-0.1, -0.05) is 13.3 Å². The van der Waals surface area contributed by atoms with Crippen LogP contribution in [0.1, 0.15) is 19.8 Å². The van der Waals surface area contributed by atoms with Crippen LogP contribution < -0.4 is 4.57 Å². The molecule has 0 unspecified atom stereocenters. The van der Waals surface area contributed by atoms with Crippen molar-refractivity contribution in [2.45, 2.75) is 26.3 Å². The fraction of sp³-hybridized carbons (Fsp3) is 0.625. The van der Waals surface area contributed by atoms with Crippen molar-refractivity contribution in [3.8, 4) is 0 Å². The predicted octanol–water partition coefficient (Wildman–Crippen LogP) is 8.91. The summed E-state index contributed by atoms with van der Waals surface area (Å²) in [7, 11) is -34.0. The van der Waals surface area contributed by atoms with Gasteiger partial charge in [0, 0.05) is 0 Å². The Morgan fingerprint density at radius 2 is 0.675 bits per heavy atom. The van der Waals surface area contributed by atoms with E-state index in [2.05, 4.69) is 34.8 Å². The summed E-state index contributed by atoms with van der Waals surface area (Å²) >= 11 is 0. The zero-order chi connectivity index (χ0) is 34.4. The Bertz CT molecular complexity index is 543. The Balaban J connectivity index is -0.0000000866. The minimum atomic E-state index is -6.00.